The Morgan fingerprint density at radius 3 is 2.42 bits per heavy atom. The number of fused-ring (bicyclic) bond motifs is 1. The molecule has 0 aromatic heterocycles. The van der Waals surface area contributed by atoms with Crippen LogP contribution >= 0.6 is 15.9 Å². The first-order valence-electron chi connectivity index (χ1n) is 11.8. The monoisotopic (exact) mass is 515 g/mol. The van der Waals surface area contributed by atoms with Crippen molar-refractivity contribution in [2.24, 2.45) is 5.73 Å². The van der Waals surface area contributed by atoms with Crippen molar-refractivity contribution >= 4 is 33.6 Å². The molecule has 3 N–H and O–H groups in total. The van der Waals surface area contributed by atoms with Crippen molar-refractivity contribution in [3.05, 3.63) is 64.1 Å². The maximum Gasteiger partial charge on any atom is 0.319 e. The van der Waals surface area contributed by atoms with Crippen LogP contribution in [0.1, 0.15) is 62.1 Å². The molecule has 0 heterocycles. The van der Waals surface area contributed by atoms with Crippen LogP contribution in [-0.4, -0.2) is 41.6 Å². The molecule has 2 aromatic carbocycles. The minimum Gasteiger partial charge on any atom is -0.481 e. The summed E-state index contributed by atoms with van der Waals surface area (Å²) in [6.45, 7) is 2.34. The highest BCUT2D eigenvalue weighted by Crippen LogP contribution is 2.34. The van der Waals surface area contributed by atoms with Crippen molar-refractivity contribution in [3.63, 3.8) is 0 Å². The number of benzene rings is 2. The average molecular weight is 516 g/mol. The van der Waals surface area contributed by atoms with Crippen LogP contribution in [0.4, 0.5) is 10.5 Å². The zero-order valence-electron chi connectivity index (χ0n) is 19.1. The van der Waals surface area contributed by atoms with Crippen LogP contribution in [0.5, 0.6) is 0 Å². The number of halogens is 1. The van der Waals surface area contributed by atoms with Gasteiger partial charge in [0, 0.05) is 35.7 Å². The highest BCUT2D eigenvalue weighted by atomic mass is 79.9. The van der Waals surface area contributed by atoms with Crippen LogP contribution in [0.2, 0.25) is 0 Å². The number of carbonyl (C=O) groups excluding carboxylic acids is 1. The van der Waals surface area contributed by atoms with Crippen molar-refractivity contribution < 1.29 is 14.7 Å². The summed E-state index contributed by atoms with van der Waals surface area (Å²) >= 11 is 3.43. The number of unbranched alkanes of at least 4 members (excludes halogenated alkanes) is 2. The Morgan fingerprint density at radius 2 is 1.70 bits per heavy atom. The van der Waals surface area contributed by atoms with Gasteiger partial charge in [-0.1, -0.05) is 46.6 Å². The van der Waals surface area contributed by atoms with Gasteiger partial charge in [-0.3, -0.25) is 14.6 Å². The number of hydrogen-bond donors (Lipinski definition) is 2. The van der Waals surface area contributed by atoms with Crippen molar-refractivity contribution in [3.8, 4) is 0 Å². The second-order valence-corrected chi connectivity index (χ2v) is 9.58. The zero-order valence-corrected chi connectivity index (χ0v) is 20.7. The van der Waals surface area contributed by atoms with Crippen LogP contribution in [0.3, 0.4) is 0 Å². The molecule has 0 bridgehead atoms. The predicted molar refractivity (Wildman–Crippen MR) is 135 cm³/mol. The van der Waals surface area contributed by atoms with Gasteiger partial charge in [0.25, 0.3) is 0 Å². The fraction of sp³-hybridized carbons (Fsp3) is 0.462. The molecule has 0 saturated heterocycles. The van der Waals surface area contributed by atoms with Crippen molar-refractivity contribution in [1.29, 1.82) is 0 Å². The third-order valence-corrected chi connectivity index (χ3v) is 6.87. The second kappa shape index (κ2) is 12.8. The van der Waals surface area contributed by atoms with Gasteiger partial charge in [-0.05, 0) is 80.5 Å². The predicted octanol–water partition coefficient (Wildman–Crippen LogP) is 5.75. The molecular formula is C26H34BrN3O3. The fourth-order valence-corrected chi connectivity index (χ4v) is 4.98. The van der Waals surface area contributed by atoms with E-state index in [9.17, 15) is 9.59 Å². The molecule has 1 aliphatic carbocycles. The van der Waals surface area contributed by atoms with E-state index in [-0.39, 0.29) is 6.42 Å². The summed E-state index contributed by atoms with van der Waals surface area (Å²) in [5.41, 5.74) is 9.32. The van der Waals surface area contributed by atoms with Gasteiger partial charge in [-0.2, -0.15) is 0 Å². The first kappa shape index (κ1) is 25.2. The second-order valence-electron chi connectivity index (χ2n) is 8.67. The Balaban J connectivity index is 1.65. The summed E-state index contributed by atoms with van der Waals surface area (Å²) in [4.78, 5) is 27.1. The molecular weight excluding hydrogens is 482 g/mol. The number of carboxylic acid groups (broad SMARTS) is 1. The first-order valence-corrected chi connectivity index (χ1v) is 12.6. The number of hydrogen-bond acceptors (Lipinski definition) is 3. The SMILES string of the molecule is NC(=O)N(CCCN(CCCCCC(=O)O)C1CCCc2ccccc21)c1ccc(Br)cc1. The molecule has 178 valence electrons. The molecule has 2 aromatic rings. The molecule has 0 aliphatic heterocycles. The number of nitrogens with two attached hydrogens (primary N) is 1. The number of carboxylic acids is 1. The maximum atomic E-state index is 12.1. The van der Waals surface area contributed by atoms with E-state index in [2.05, 4.69) is 45.1 Å². The number of anilines is 1. The largest absolute Gasteiger partial charge is 0.481 e. The number of aryl methyl sites for hydroxylation is 1. The zero-order chi connectivity index (χ0) is 23.6. The van der Waals surface area contributed by atoms with Crippen molar-refractivity contribution in [1.82, 2.24) is 4.90 Å². The van der Waals surface area contributed by atoms with E-state index >= 15 is 0 Å². The van der Waals surface area contributed by atoms with E-state index in [4.69, 9.17) is 10.8 Å². The lowest BCUT2D eigenvalue weighted by molar-refractivity contribution is -0.137. The van der Waals surface area contributed by atoms with Crippen molar-refractivity contribution in [2.45, 2.75) is 57.4 Å². The standard InChI is InChI=1S/C26H34BrN3O3/c27-21-13-15-22(16-14-21)30(26(28)33)19-7-18-29(17-5-1-2-12-25(31)32)24-11-6-9-20-8-3-4-10-23(20)24/h3-4,8,10,13-16,24H,1-2,5-7,9,11-12,17-19H2,(H2,28,33)(H,31,32). The molecule has 7 heteroatoms. The van der Waals surface area contributed by atoms with Gasteiger partial charge in [-0.15, -0.1) is 0 Å². The Kier molecular flexibility index (Phi) is 9.76. The molecule has 0 fully saturated rings. The van der Waals surface area contributed by atoms with Crippen LogP contribution in [0.25, 0.3) is 0 Å². The number of rotatable bonds is 12. The molecule has 33 heavy (non-hydrogen) atoms. The summed E-state index contributed by atoms with van der Waals surface area (Å²) in [6, 6.07) is 16.2. The van der Waals surface area contributed by atoms with E-state index in [1.54, 1.807) is 4.90 Å². The van der Waals surface area contributed by atoms with Crippen molar-refractivity contribution in [2.75, 3.05) is 24.5 Å². The van der Waals surface area contributed by atoms with E-state index in [1.165, 1.54) is 17.5 Å². The van der Waals surface area contributed by atoms with Gasteiger partial charge >= 0.3 is 12.0 Å². The molecule has 0 saturated carbocycles. The van der Waals surface area contributed by atoms with Gasteiger partial charge in [0.1, 0.15) is 0 Å². The van der Waals surface area contributed by atoms with E-state index < -0.39 is 12.0 Å². The van der Waals surface area contributed by atoms with Crippen LogP contribution in [-0.2, 0) is 11.2 Å². The molecule has 6 nitrogen and oxygen atoms in total. The fourth-order valence-electron chi connectivity index (χ4n) is 4.72. The van der Waals surface area contributed by atoms with Crippen LogP contribution < -0.4 is 10.6 Å². The third-order valence-electron chi connectivity index (χ3n) is 6.35. The Hall–Kier alpha value is -2.38. The number of amides is 2. The number of primary amides is 1. The lowest BCUT2D eigenvalue weighted by Gasteiger charge is -2.36. The van der Waals surface area contributed by atoms with E-state index in [1.807, 2.05) is 24.3 Å². The maximum absolute atomic E-state index is 12.1. The summed E-state index contributed by atoms with van der Waals surface area (Å²) in [5, 5.41) is 8.90. The molecule has 0 radical (unpaired) electrons. The smallest absolute Gasteiger partial charge is 0.319 e. The number of urea groups is 1. The highest BCUT2D eigenvalue weighted by Gasteiger charge is 2.25. The van der Waals surface area contributed by atoms with Gasteiger partial charge < -0.3 is 10.8 Å². The lowest BCUT2D eigenvalue weighted by atomic mass is 9.86. The van der Waals surface area contributed by atoms with Gasteiger partial charge in [0.2, 0.25) is 0 Å². The van der Waals surface area contributed by atoms with Gasteiger partial charge in [-0.25, -0.2) is 4.79 Å². The molecule has 3 rings (SSSR count). The summed E-state index contributed by atoms with van der Waals surface area (Å²) in [5.74, 6) is -0.729. The Labute approximate surface area is 204 Å². The van der Waals surface area contributed by atoms with Crippen LogP contribution in [0, 0.1) is 0 Å². The van der Waals surface area contributed by atoms with Gasteiger partial charge in [0.05, 0.1) is 0 Å². The lowest BCUT2D eigenvalue weighted by Crippen LogP contribution is -2.39. The van der Waals surface area contributed by atoms with Gasteiger partial charge in [0.15, 0.2) is 0 Å². The Morgan fingerprint density at radius 1 is 0.970 bits per heavy atom. The molecule has 2 amide bonds. The molecule has 1 unspecified atom stereocenters. The first-order chi connectivity index (χ1) is 16.0. The Bertz CT molecular complexity index is 919. The average Bonchev–Trinajstić information content (AvgIpc) is 2.80. The number of nitrogens with zero attached hydrogens (tertiary/aromatic N) is 2. The topological polar surface area (TPSA) is 86.9 Å². The molecule has 0 spiro atoms. The summed E-state index contributed by atoms with van der Waals surface area (Å²) in [6.07, 6.45) is 7.05. The normalized spacial score (nSPS) is 15.3. The summed E-state index contributed by atoms with van der Waals surface area (Å²) < 4.78 is 0.959. The number of aliphatic carboxylic acids is 1. The number of carbonyl (C=O) groups is 2. The molecule has 1 atom stereocenters. The van der Waals surface area contributed by atoms with E-state index in [0.29, 0.717) is 19.0 Å². The van der Waals surface area contributed by atoms with E-state index in [0.717, 1.165) is 55.4 Å². The highest BCUT2D eigenvalue weighted by molar-refractivity contribution is 9.10. The quantitative estimate of drug-likeness (QED) is 0.352. The third kappa shape index (κ3) is 7.57. The molecule has 1 aliphatic rings. The minimum atomic E-state index is -0.729. The summed E-state index contributed by atoms with van der Waals surface area (Å²) in [7, 11) is 0. The van der Waals surface area contributed by atoms with Crippen LogP contribution in [0.15, 0.2) is 53.0 Å². The minimum absolute atomic E-state index is 0.229.